The second kappa shape index (κ2) is 11.0. The summed E-state index contributed by atoms with van der Waals surface area (Å²) in [6.45, 7) is 5.19. The van der Waals surface area contributed by atoms with Gasteiger partial charge in [0, 0.05) is 32.4 Å². The molecule has 1 aliphatic rings. The molecule has 2 heterocycles. The van der Waals surface area contributed by atoms with Gasteiger partial charge in [0.2, 0.25) is 0 Å². The fourth-order valence-corrected chi connectivity index (χ4v) is 4.33. The number of benzene rings is 1. The van der Waals surface area contributed by atoms with Crippen LogP contribution in [0.15, 0.2) is 57.8 Å². The van der Waals surface area contributed by atoms with Crippen LogP contribution in [-0.4, -0.2) is 36.9 Å². The van der Waals surface area contributed by atoms with Crippen molar-refractivity contribution in [1.29, 1.82) is 0 Å². The summed E-state index contributed by atoms with van der Waals surface area (Å²) < 4.78 is 52.7. The van der Waals surface area contributed by atoms with Crippen molar-refractivity contribution >= 4 is 16.9 Å². The van der Waals surface area contributed by atoms with Gasteiger partial charge in [-0.15, -0.1) is 13.2 Å². The third-order valence-electron chi connectivity index (χ3n) is 6.65. The van der Waals surface area contributed by atoms with Gasteiger partial charge >= 0.3 is 18.1 Å². The summed E-state index contributed by atoms with van der Waals surface area (Å²) in [6, 6.07) is 7.46. The van der Waals surface area contributed by atoms with E-state index >= 15 is 0 Å². The predicted octanol–water partition coefficient (Wildman–Crippen LogP) is 4.00. The van der Waals surface area contributed by atoms with Crippen molar-refractivity contribution in [2.75, 3.05) is 0 Å². The van der Waals surface area contributed by atoms with E-state index in [9.17, 15) is 27.6 Å². The molecule has 2 aromatic heterocycles. The fourth-order valence-electron chi connectivity index (χ4n) is 4.33. The van der Waals surface area contributed by atoms with Gasteiger partial charge in [0.15, 0.2) is 11.2 Å². The zero-order valence-corrected chi connectivity index (χ0v) is 22.0. The van der Waals surface area contributed by atoms with E-state index in [0.717, 1.165) is 15.7 Å². The quantitative estimate of drug-likeness (QED) is 0.403. The number of hydrogen-bond acceptors (Lipinski definition) is 6. The molecule has 39 heavy (non-hydrogen) atoms. The normalized spacial score (nSPS) is 17.5. The average Bonchev–Trinajstić information content (AvgIpc) is 3.23. The number of aromatic nitrogens is 4. The third kappa shape index (κ3) is 6.06. The van der Waals surface area contributed by atoms with Gasteiger partial charge in [0.1, 0.15) is 11.5 Å². The first-order valence-corrected chi connectivity index (χ1v) is 12.5. The maximum Gasteiger partial charge on any atom is 0.523 e. The molecule has 4 rings (SSSR count). The third-order valence-corrected chi connectivity index (χ3v) is 6.65. The van der Waals surface area contributed by atoms with Crippen molar-refractivity contribution in [3.05, 3.63) is 80.2 Å². The van der Waals surface area contributed by atoms with Crippen LogP contribution in [0.25, 0.3) is 11.2 Å². The number of aryl methyl sites for hydroxylation is 2. The number of nitrogens with zero attached hydrogens (tertiary/aromatic N) is 4. The molecule has 0 spiro atoms. The number of rotatable bonds is 9. The molecule has 12 heteroatoms. The number of alkyl halides is 3. The van der Waals surface area contributed by atoms with E-state index in [2.05, 4.69) is 9.72 Å². The number of ketones is 1. The summed E-state index contributed by atoms with van der Waals surface area (Å²) in [5, 5.41) is 0. The Balaban J connectivity index is 1.83. The lowest BCUT2D eigenvalue weighted by Crippen LogP contribution is -2.40. The molecule has 2 unspecified atom stereocenters. The minimum Gasteiger partial charge on any atom is -0.430 e. The molecule has 0 radical (unpaired) electrons. The Labute approximate surface area is 221 Å². The summed E-state index contributed by atoms with van der Waals surface area (Å²) >= 11 is 0. The molecular formula is C27H29F3N4O5. The van der Waals surface area contributed by atoms with Crippen LogP contribution in [0.5, 0.6) is 6.01 Å². The van der Waals surface area contributed by atoms with Crippen molar-refractivity contribution in [3.8, 4) is 6.01 Å². The summed E-state index contributed by atoms with van der Waals surface area (Å²) in [5.74, 6) is -0.779. The van der Waals surface area contributed by atoms with E-state index < -0.39 is 29.6 Å². The van der Waals surface area contributed by atoms with Crippen LogP contribution < -0.4 is 16.0 Å². The first kappa shape index (κ1) is 28.1. The van der Waals surface area contributed by atoms with Gasteiger partial charge in [-0.2, -0.15) is 4.98 Å². The summed E-state index contributed by atoms with van der Waals surface area (Å²) in [5.41, 5.74) is 0.659. The lowest BCUT2D eigenvalue weighted by molar-refractivity contribution is -0.340. The smallest absolute Gasteiger partial charge is 0.430 e. The monoisotopic (exact) mass is 546 g/mol. The molecule has 0 N–H and O–H groups in total. The zero-order chi connectivity index (χ0) is 28.5. The molecule has 0 amide bonds. The lowest BCUT2D eigenvalue weighted by Gasteiger charge is -2.26. The number of carbonyl (C=O) groups is 1. The molecular weight excluding hydrogens is 517 g/mol. The highest BCUT2D eigenvalue weighted by Crippen LogP contribution is 2.31. The van der Waals surface area contributed by atoms with Gasteiger partial charge in [0.25, 0.3) is 5.56 Å². The molecule has 9 nitrogen and oxygen atoms in total. The first-order valence-electron chi connectivity index (χ1n) is 12.5. The van der Waals surface area contributed by atoms with Crippen LogP contribution in [0.3, 0.4) is 0 Å². The standard InChI is InChI=1S/C27H29F3N4O5/c1-5-19(35)13-14-33-24(36)22-23(32(4)26(33)37)31-25(34(22)15-18-11-9-16(2)10-12-18)38-20-7-6-8-21(17(20)3)39-27(28,29)30/h6-12,17,21H,5,13-15H2,1-4H3. The van der Waals surface area contributed by atoms with Gasteiger partial charge < -0.3 is 4.74 Å². The van der Waals surface area contributed by atoms with Crippen molar-refractivity contribution in [1.82, 2.24) is 18.7 Å². The Morgan fingerprint density at radius 3 is 2.46 bits per heavy atom. The Morgan fingerprint density at radius 2 is 1.82 bits per heavy atom. The number of hydrogen-bond donors (Lipinski definition) is 0. The van der Waals surface area contributed by atoms with E-state index in [0.29, 0.717) is 0 Å². The second-order valence-electron chi connectivity index (χ2n) is 9.45. The van der Waals surface area contributed by atoms with Crippen LogP contribution in [-0.2, 0) is 29.7 Å². The van der Waals surface area contributed by atoms with Gasteiger partial charge in [-0.1, -0.05) is 55.8 Å². The van der Waals surface area contributed by atoms with Crippen molar-refractivity contribution in [2.24, 2.45) is 13.0 Å². The number of carbonyl (C=O) groups excluding carboxylic acids is 1. The SMILES string of the molecule is CCC(=O)CCn1c(=O)c2c(nc(OC3=CC=CC(OC(F)(F)F)C3C)n2Cc2ccc(C)cc2)n(C)c1=O. The van der Waals surface area contributed by atoms with E-state index in [1.165, 1.54) is 41.3 Å². The number of fused-ring (bicyclic) bond motifs is 1. The van der Waals surface area contributed by atoms with Crippen LogP contribution in [0.1, 0.15) is 37.8 Å². The van der Waals surface area contributed by atoms with E-state index in [1.54, 1.807) is 6.92 Å². The maximum absolute atomic E-state index is 13.6. The molecule has 0 bridgehead atoms. The highest BCUT2D eigenvalue weighted by atomic mass is 19.4. The second-order valence-corrected chi connectivity index (χ2v) is 9.45. The Morgan fingerprint density at radius 1 is 1.13 bits per heavy atom. The average molecular weight is 547 g/mol. The van der Waals surface area contributed by atoms with Gasteiger partial charge in [-0.25, -0.2) is 4.79 Å². The van der Waals surface area contributed by atoms with Crippen molar-refractivity contribution in [2.45, 2.75) is 59.2 Å². The van der Waals surface area contributed by atoms with Crippen molar-refractivity contribution < 1.29 is 27.4 Å². The molecule has 3 aromatic rings. The number of allylic oxidation sites excluding steroid dienone is 2. The fraction of sp³-hybridized carbons (Fsp3) is 0.407. The number of Topliss-reactive ketones (excluding diaryl/α,β-unsaturated/α-hetero) is 1. The molecule has 0 fully saturated rings. The highest BCUT2D eigenvalue weighted by Gasteiger charge is 2.37. The minimum atomic E-state index is -4.84. The molecule has 0 aliphatic heterocycles. The maximum atomic E-state index is 13.6. The van der Waals surface area contributed by atoms with Gasteiger partial charge in [-0.05, 0) is 18.6 Å². The summed E-state index contributed by atoms with van der Waals surface area (Å²) in [4.78, 5) is 42.9. The predicted molar refractivity (Wildman–Crippen MR) is 137 cm³/mol. The summed E-state index contributed by atoms with van der Waals surface area (Å²) in [6.07, 6.45) is -1.69. The largest absolute Gasteiger partial charge is 0.523 e. The molecule has 208 valence electrons. The highest BCUT2D eigenvalue weighted by molar-refractivity contribution is 5.78. The number of ether oxygens (including phenoxy) is 2. The van der Waals surface area contributed by atoms with Gasteiger partial charge in [-0.3, -0.25) is 28.0 Å². The topological polar surface area (TPSA) is 97.3 Å². The molecule has 0 saturated heterocycles. The molecule has 0 saturated carbocycles. The molecule has 2 atom stereocenters. The minimum absolute atomic E-state index is 0.0178. The van der Waals surface area contributed by atoms with Crippen LogP contribution >= 0.6 is 0 Å². The Hall–Kier alpha value is -3.93. The lowest BCUT2D eigenvalue weighted by atomic mass is 9.97. The van der Waals surface area contributed by atoms with Gasteiger partial charge in [0.05, 0.1) is 12.6 Å². The molecule has 1 aromatic carbocycles. The zero-order valence-electron chi connectivity index (χ0n) is 22.0. The summed E-state index contributed by atoms with van der Waals surface area (Å²) in [7, 11) is 1.45. The number of imidazole rings is 1. The van der Waals surface area contributed by atoms with E-state index in [-0.39, 0.29) is 54.6 Å². The van der Waals surface area contributed by atoms with Crippen molar-refractivity contribution in [3.63, 3.8) is 0 Å². The van der Waals surface area contributed by atoms with Crippen LogP contribution in [0.4, 0.5) is 13.2 Å². The Kier molecular flexibility index (Phi) is 7.96. The van der Waals surface area contributed by atoms with E-state index in [4.69, 9.17) is 4.74 Å². The Bertz CT molecular complexity index is 1560. The van der Waals surface area contributed by atoms with Crippen LogP contribution in [0.2, 0.25) is 0 Å². The van der Waals surface area contributed by atoms with E-state index in [1.807, 2.05) is 31.2 Å². The number of halogens is 3. The van der Waals surface area contributed by atoms with Crippen LogP contribution in [0, 0.1) is 12.8 Å². The molecule has 1 aliphatic carbocycles. The first-order chi connectivity index (χ1) is 18.4.